The van der Waals surface area contributed by atoms with Crippen molar-refractivity contribution in [1.29, 1.82) is 0 Å². The molecular weight excluding hydrogens is 484 g/mol. The van der Waals surface area contributed by atoms with Crippen molar-refractivity contribution in [3.63, 3.8) is 0 Å². The molecule has 2 amide bonds. The number of nitrogens with one attached hydrogen (secondary N) is 1. The summed E-state index contributed by atoms with van der Waals surface area (Å²) in [7, 11) is 1.62. The number of benzene rings is 4. The number of amides is 2. The summed E-state index contributed by atoms with van der Waals surface area (Å²) in [5.41, 5.74) is 3.16. The molecule has 1 fully saturated rings. The zero-order valence-corrected chi connectivity index (χ0v) is 20.7. The van der Waals surface area contributed by atoms with Crippen molar-refractivity contribution in [3.8, 4) is 28.4 Å². The van der Waals surface area contributed by atoms with Crippen LogP contribution in [0.3, 0.4) is 0 Å². The maximum absolute atomic E-state index is 13.4. The molecular formula is C30H22N2O4S. The van der Waals surface area contributed by atoms with Gasteiger partial charge in [0.05, 0.1) is 12.8 Å². The van der Waals surface area contributed by atoms with Crippen LogP contribution in [0, 0.1) is 0 Å². The van der Waals surface area contributed by atoms with Gasteiger partial charge in [0.15, 0.2) is 5.11 Å². The molecule has 0 bridgehead atoms. The van der Waals surface area contributed by atoms with Gasteiger partial charge < -0.3 is 9.47 Å². The molecule has 182 valence electrons. The van der Waals surface area contributed by atoms with Crippen LogP contribution in [0.5, 0.6) is 17.2 Å². The lowest BCUT2D eigenvalue weighted by atomic mass is 10.0. The largest absolute Gasteiger partial charge is 0.497 e. The van der Waals surface area contributed by atoms with Gasteiger partial charge in [0.1, 0.15) is 22.8 Å². The number of nitrogens with zero attached hydrogens (tertiary/aromatic N) is 1. The second-order valence-corrected chi connectivity index (χ2v) is 8.61. The zero-order valence-electron chi connectivity index (χ0n) is 19.9. The molecule has 1 N–H and O–H groups in total. The van der Waals surface area contributed by atoms with E-state index >= 15 is 0 Å². The highest BCUT2D eigenvalue weighted by atomic mass is 32.1. The molecule has 6 nitrogen and oxygen atoms in total. The molecule has 0 saturated carbocycles. The van der Waals surface area contributed by atoms with Crippen LogP contribution in [0.25, 0.3) is 17.2 Å². The first-order chi connectivity index (χ1) is 18.0. The average Bonchev–Trinajstić information content (AvgIpc) is 2.93. The average molecular weight is 507 g/mol. The second-order valence-electron chi connectivity index (χ2n) is 8.22. The predicted octanol–water partition coefficient (Wildman–Crippen LogP) is 5.99. The first kappa shape index (κ1) is 24.0. The monoisotopic (exact) mass is 506 g/mol. The van der Waals surface area contributed by atoms with Crippen molar-refractivity contribution in [1.82, 2.24) is 5.32 Å². The first-order valence-electron chi connectivity index (χ1n) is 11.5. The summed E-state index contributed by atoms with van der Waals surface area (Å²) in [6.07, 6.45) is 1.58. The number of carbonyl (C=O) groups is 2. The Morgan fingerprint density at radius 2 is 1.43 bits per heavy atom. The number of ether oxygens (including phenoxy) is 2. The summed E-state index contributed by atoms with van der Waals surface area (Å²) < 4.78 is 11.1. The summed E-state index contributed by atoms with van der Waals surface area (Å²) >= 11 is 5.33. The molecule has 0 atom stereocenters. The molecule has 1 aliphatic heterocycles. The van der Waals surface area contributed by atoms with Crippen LogP contribution in [0.2, 0.25) is 0 Å². The van der Waals surface area contributed by atoms with E-state index in [0.29, 0.717) is 22.7 Å². The van der Waals surface area contributed by atoms with Crippen molar-refractivity contribution in [3.05, 3.63) is 114 Å². The van der Waals surface area contributed by atoms with E-state index in [-0.39, 0.29) is 10.7 Å². The highest BCUT2D eigenvalue weighted by Gasteiger charge is 2.34. The number of anilines is 1. The summed E-state index contributed by atoms with van der Waals surface area (Å²) in [6.45, 7) is 0. The zero-order chi connectivity index (χ0) is 25.8. The van der Waals surface area contributed by atoms with E-state index in [2.05, 4.69) is 5.32 Å². The van der Waals surface area contributed by atoms with Crippen molar-refractivity contribution in [2.45, 2.75) is 0 Å². The Bertz CT molecular complexity index is 1500. The van der Waals surface area contributed by atoms with Crippen LogP contribution >= 0.6 is 12.2 Å². The number of para-hydroxylation sites is 1. The van der Waals surface area contributed by atoms with Crippen molar-refractivity contribution in [2.24, 2.45) is 0 Å². The molecule has 37 heavy (non-hydrogen) atoms. The second kappa shape index (κ2) is 10.5. The molecule has 1 saturated heterocycles. The summed E-state index contributed by atoms with van der Waals surface area (Å²) in [5, 5.41) is 2.65. The van der Waals surface area contributed by atoms with Gasteiger partial charge in [-0.25, -0.2) is 0 Å². The Morgan fingerprint density at radius 1 is 0.757 bits per heavy atom. The molecule has 0 unspecified atom stereocenters. The van der Waals surface area contributed by atoms with Crippen LogP contribution in [-0.4, -0.2) is 24.0 Å². The van der Waals surface area contributed by atoms with E-state index in [1.165, 1.54) is 4.90 Å². The fourth-order valence-electron chi connectivity index (χ4n) is 3.94. The summed E-state index contributed by atoms with van der Waals surface area (Å²) in [4.78, 5) is 27.5. The Balaban J connectivity index is 1.40. The first-order valence-corrected chi connectivity index (χ1v) is 11.9. The maximum Gasteiger partial charge on any atom is 0.270 e. The van der Waals surface area contributed by atoms with Crippen LogP contribution in [0.1, 0.15) is 5.56 Å². The number of hydrogen-bond acceptors (Lipinski definition) is 5. The van der Waals surface area contributed by atoms with Crippen molar-refractivity contribution in [2.75, 3.05) is 12.0 Å². The number of methoxy groups -OCH3 is 1. The van der Waals surface area contributed by atoms with Gasteiger partial charge in [0, 0.05) is 0 Å². The number of rotatable bonds is 6. The minimum Gasteiger partial charge on any atom is -0.497 e. The van der Waals surface area contributed by atoms with Crippen LogP contribution in [0.4, 0.5) is 5.69 Å². The molecule has 7 heteroatoms. The molecule has 1 aliphatic rings. The SMILES string of the molecule is COc1ccc(-c2cccc(/C=C3\C(=O)NC(=S)N(c4ccc(Oc5ccccc5)cc4)C3=O)c2)cc1. The normalized spacial score (nSPS) is 14.5. The van der Waals surface area contributed by atoms with E-state index in [9.17, 15) is 9.59 Å². The van der Waals surface area contributed by atoms with E-state index in [0.717, 1.165) is 16.9 Å². The maximum atomic E-state index is 13.4. The van der Waals surface area contributed by atoms with Gasteiger partial charge in [-0.2, -0.15) is 0 Å². The van der Waals surface area contributed by atoms with Gasteiger partial charge >= 0.3 is 0 Å². The Labute approximate surface area is 219 Å². The molecule has 4 aromatic carbocycles. The fourth-order valence-corrected chi connectivity index (χ4v) is 4.22. The highest BCUT2D eigenvalue weighted by Crippen LogP contribution is 2.28. The lowest BCUT2D eigenvalue weighted by molar-refractivity contribution is -0.122. The Morgan fingerprint density at radius 3 is 2.14 bits per heavy atom. The number of carbonyl (C=O) groups excluding carboxylic acids is 2. The third-order valence-corrected chi connectivity index (χ3v) is 6.08. The van der Waals surface area contributed by atoms with Crippen LogP contribution in [-0.2, 0) is 9.59 Å². The molecule has 1 heterocycles. The Kier molecular flexibility index (Phi) is 6.78. The fraction of sp³-hybridized carbons (Fsp3) is 0.0333. The van der Waals surface area contributed by atoms with Gasteiger partial charge in [-0.15, -0.1) is 0 Å². The van der Waals surface area contributed by atoms with E-state index in [1.807, 2.05) is 78.9 Å². The Hall–Kier alpha value is -4.75. The molecule has 0 aliphatic carbocycles. The standard InChI is InChI=1S/C30H22N2O4S/c1-35-24-14-10-21(11-15-24)22-7-5-6-20(18-22)19-27-28(33)31-30(37)32(29(27)34)23-12-16-26(17-13-23)36-25-8-3-2-4-9-25/h2-19H,1H3,(H,31,33,37)/b27-19+. The predicted molar refractivity (Wildman–Crippen MR) is 148 cm³/mol. The highest BCUT2D eigenvalue weighted by molar-refractivity contribution is 7.80. The minimum absolute atomic E-state index is 0.00917. The number of thiocarbonyl (C=S) groups is 1. The summed E-state index contributed by atoms with van der Waals surface area (Å²) in [5.74, 6) is 1.04. The van der Waals surface area contributed by atoms with Gasteiger partial charge in [0.25, 0.3) is 11.8 Å². The quantitative estimate of drug-likeness (QED) is 0.198. The van der Waals surface area contributed by atoms with E-state index in [4.69, 9.17) is 21.7 Å². The van der Waals surface area contributed by atoms with Gasteiger partial charge in [0.2, 0.25) is 0 Å². The molecule has 0 radical (unpaired) electrons. The van der Waals surface area contributed by atoms with Crippen molar-refractivity contribution < 1.29 is 19.1 Å². The smallest absolute Gasteiger partial charge is 0.270 e. The minimum atomic E-state index is -0.537. The lowest BCUT2D eigenvalue weighted by Crippen LogP contribution is -2.54. The van der Waals surface area contributed by atoms with Crippen LogP contribution in [0.15, 0.2) is 109 Å². The third-order valence-electron chi connectivity index (χ3n) is 5.80. The van der Waals surface area contributed by atoms with Crippen LogP contribution < -0.4 is 19.7 Å². The molecule has 4 aromatic rings. The van der Waals surface area contributed by atoms with E-state index in [1.54, 1.807) is 37.5 Å². The topological polar surface area (TPSA) is 67.9 Å². The van der Waals surface area contributed by atoms with Gasteiger partial charge in [-0.1, -0.05) is 48.5 Å². The lowest BCUT2D eigenvalue weighted by Gasteiger charge is -2.29. The number of hydrogen-bond donors (Lipinski definition) is 1. The third kappa shape index (κ3) is 5.27. The molecule has 0 aromatic heterocycles. The summed E-state index contributed by atoms with van der Waals surface area (Å²) in [6, 6.07) is 31.6. The molecule has 0 spiro atoms. The molecule has 5 rings (SSSR count). The van der Waals surface area contributed by atoms with Gasteiger partial charge in [-0.3, -0.25) is 19.8 Å². The van der Waals surface area contributed by atoms with E-state index < -0.39 is 11.8 Å². The van der Waals surface area contributed by atoms with Gasteiger partial charge in [-0.05, 0) is 89.6 Å². The van der Waals surface area contributed by atoms with Crippen molar-refractivity contribution >= 4 is 40.9 Å².